The molecule has 2 heteroatoms. The molecular weight excluding hydrogens is 188 g/mol. The first kappa shape index (κ1) is 10.1. The third-order valence-corrected chi connectivity index (χ3v) is 4.69. The summed E-state index contributed by atoms with van der Waals surface area (Å²) < 4.78 is 6.12. The van der Waals surface area contributed by atoms with Gasteiger partial charge >= 0.3 is 0 Å². The van der Waals surface area contributed by atoms with Gasteiger partial charge < -0.3 is 9.84 Å². The maximum Gasteiger partial charge on any atom is 0.0690 e. The summed E-state index contributed by atoms with van der Waals surface area (Å²) in [6.45, 7) is 1.04. The molecule has 0 spiro atoms. The van der Waals surface area contributed by atoms with Crippen LogP contribution in [0, 0.1) is 17.8 Å². The van der Waals surface area contributed by atoms with Crippen LogP contribution in [0.4, 0.5) is 0 Å². The minimum absolute atomic E-state index is 0.240. The van der Waals surface area contributed by atoms with Gasteiger partial charge in [-0.15, -0.1) is 0 Å². The summed E-state index contributed by atoms with van der Waals surface area (Å²) in [5, 5.41) is 8.80. The Balaban J connectivity index is 1.65. The first-order valence-electron chi connectivity index (χ1n) is 6.54. The molecule has 0 radical (unpaired) electrons. The Labute approximate surface area is 92.0 Å². The van der Waals surface area contributed by atoms with Gasteiger partial charge in [0.1, 0.15) is 0 Å². The van der Waals surface area contributed by atoms with Crippen molar-refractivity contribution in [3.63, 3.8) is 0 Å². The van der Waals surface area contributed by atoms with Crippen molar-refractivity contribution in [2.45, 2.75) is 50.5 Å². The molecule has 86 valence electrons. The third-order valence-electron chi connectivity index (χ3n) is 4.69. The van der Waals surface area contributed by atoms with Crippen LogP contribution in [-0.2, 0) is 4.74 Å². The number of ether oxygens (including phenoxy) is 1. The SMILES string of the molecule is OCCCOC12CC3CC(CC(C3)C1)C2. The molecule has 0 unspecified atom stereocenters. The van der Waals surface area contributed by atoms with E-state index in [4.69, 9.17) is 9.84 Å². The molecule has 0 amide bonds. The molecule has 4 bridgehead atoms. The second-order valence-corrected chi connectivity index (χ2v) is 6.03. The minimum atomic E-state index is 0.240. The molecular formula is C13H22O2. The number of rotatable bonds is 4. The van der Waals surface area contributed by atoms with Crippen LogP contribution >= 0.6 is 0 Å². The molecule has 0 aromatic carbocycles. The van der Waals surface area contributed by atoms with Gasteiger partial charge in [-0.05, 0) is 62.7 Å². The van der Waals surface area contributed by atoms with Crippen molar-refractivity contribution in [1.29, 1.82) is 0 Å². The minimum Gasteiger partial charge on any atom is -0.396 e. The van der Waals surface area contributed by atoms with Gasteiger partial charge in [-0.1, -0.05) is 0 Å². The molecule has 4 fully saturated rings. The maximum atomic E-state index is 8.80. The normalized spacial score (nSPS) is 47.4. The van der Waals surface area contributed by atoms with Crippen LogP contribution in [0.5, 0.6) is 0 Å². The van der Waals surface area contributed by atoms with E-state index < -0.39 is 0 Å². The second kappa shape index (κ2) is 3.74. The van der Waals surface area contributed by atoms with Gasteiger partial charge in [-0.2, -0.15) is 0 Å². The maximum absolute atomic E-state index is 8.80. The van der Waals surface area contributed by atoms with E-state index in [2.05, 4.69) is 0 Å². The molecule has 15 heavy (non-hydrogen) atoms. The Bertz CT molecular complexity index is 201. The Morgan fingerprint density at radius 3 is 2.00 bits per heavy atom. The van der Waals surface area contributed by atoms with E-state index in [1.54, 1.807) is 0 Å². The van der Waals surface area contributed by atoms with Gasteiger partial charge in [-0.25, -0.2) is 0 Å². The van der Waals surface area contributed by atoms with E-state index in [1.165, 1.54) is 38.5 Å². The average Bonchev–Trinajstić information content (AvgIpc) is 2.15. The predicted octanol–water partition coefficient (Wildman–Crippen LogP) is 2.35. The largest absolute Gasteiger partial charge is 0.396 e. The second-order valence-electron chi connectivity index (χ2n) is 6.03. The van der Waals surface area contributed by atoms with E-state index in [0.717, 1.165) is 30.8 Å². The molecule has 0 aromatic rings. The fourth-order valence-electron chi connectivity index (χ4n) is 4.56. The molecule has 4 rings (SSSR count). The van der Waals surface area contributed by atoms with Gasteiger partial charge in [0.05, 0.1) is 5.60 Å². The summed E-state index contributed by atoms with van der Waals surface area (Å²) in [6.07, 6.45) is 9.16. The lowest BCUT2D eigenvalue weighted by Crippen LogP contribution is -2.52. The van der Waals surface area contributed by atoms with Crippen molar-refractivity contribution < 1.29 is 9.84 Å². The topological polar surface area (TPSA) is 29.5 Å². The van der Waals surface area contributed by atoms with Crippen LogP contribution in [-0.4, -0.2) is 23.9 Å². The molecule has 4 aliphatic carbocycles. The number of hydrogen-bond donors (Lipinski definition) is 1. The van der Waals surface area contributed by atoms with Crippen molar-refractivity contribution in [3.8, 4) is 0 Å². The molecule has 4 saturated carbocycles. The summed E-state index contributed by atoms with van der Waals surface area (Å²) in [5.41, 5.74) is 0.240. The highest BCUT2D eigenvalue weighted by Gasteiger charge is 2.51. The number of hydrogen-bond acceptors (Lipinski definition) is 2. The Kier molecular flexibility index (Phi) is 2.52. The molecule has 0 atom stereocenters. The van der Waals surface area contributed by atoms with E-state index >= 15 is 0 Å². The van der Waals surface area contributed by atoms with Crippen LogP contribution in [0.15, 0.2) is 0 Å². The van der Waals surface area contributed by atoms with Crippen LogP contribution in [0.2, 0.25) is 0 Å². The van der Waals surface area contributed by atoms with E-state index in [-0.39, 0.29) is 12.2 Å². The van der Waals surface area contributed by atoms with Crippen LogP contribution in [0.25, 0.3) is 0 Å². The first-order chi connectivity index (χ1) is 7.30. The highest BCUT2D eigenvalue weighted by atomic mass is 16.5. The molecule has 2 nitrogen and oxygen atoms in total. The van der Waals surface area contributed by atoms with Crippen LogP contribution < -0.4 is 0 Å². The van der Waals surface area contributed by atoms with Gasteiger partial charge in [0.2, 0.25) is 0 Å². The third kappa shape index (κ3) is 1.83. The quantitative estimate of drug-likeness (QED) is 0.722. The fraction of sp³-hybridized carbons (Fsp3) is 1.00. The lowest BCUT2D eigenvalue weighted by Gasteiger charge is -2.56. The van der Waals surface area contributed by atoms with Crippen molar-refractivity contribution in [2.24, 2.45) is 17.8 Å². The summed E-state index contributed by atoms with van der Waals surface area (Å²) in [6, 6.07) is 0. The zero-order valence-electron chi connectivity index (χ0n) is 9.45. The molecule has 0 heterocycles. The lowest BCUT2D eigenvalue weighted by atomic mass is 9.54. The smallest absolute Gasteiger partial charge is 0.0690 e. The van der Waals surface area contributed by atoms with Gasteiger partial charge in [0.25, 0.3) is 0 Å². The zero-order valence-corrected chi connectivity index (χ0v) is 9.45. The molecule has 0 aliphatic heterocycles. The summed E-state index contributed by atoms with van der Waals surface area (Å²) in [4.78, 5) is 0. The van der Waals surface area contributed by atoms with E-state index in [0.29, 0.717) is 0 Å². The van der Waals surface area contributed by atoms with Crippen molar-refractivity contribution in [3.05, 3.63) is 0 Å². The highest BCUT2D eigenvalue weighted by Crippen LogP contribution is 2.57. The molecule has 0 aromatic heterocycles. The number of aliphatic hydroxyl groups excluding tert-OH is 1. The van der Waals surface area contributed by atoms with Gasteiger partial charge in [0.15, 0.2) is 0 Å². The van der Waals surface area contributed by atoms with Crippen LogP contribution in [0.1, 0.15) is 44.9 Å². The number of aliphatic hydroxyl groups is 1. The van der Waals surface area contributed by atoms with Crippen LogP contribution in [0.3, 0.4) is 0 Å². The van der Waals surface area contributed by atoms with Crippen molar-refractivity contribution >= 4 is 0 Å². The van der Waals surface area contributed by atoms with Crippen molar-refractivity contribution in [2.75, 3.05) is 13.2 Å². The monoisotopic (exact) mass is 210 g/mol. The summed E-state index contributed by atoms with van der Waals surface area (Å²) in [5.74, 6) is 2.89. The first-order valence-corrected chi connectivity index (χ1v) is 6.54. The highest BCUT2D eigenvalue weighted by molar-refractivity contribution is 5.03. The van der Waals surface area contributed by atoms with E-state index in [1.807, 2.05) is 0 Å². The Morgan fingerprint density at radius 1 is 1.00 bits per heavy atom. The van der Waals surface area contributed by atoms with Gasteiger partial charge in [0, 0.05) is 13.2 Å². The Morgan fingerprint density at radius 2 is 1.53 bits per heavy atom. The predicted molar refractivity (Wildman–Crippen MR) is 58.6 cm³/mol. The molecule has 0 saturated heterocycles. The zero-order chi connectivity index (χ0) is 10.3. The molecule has 1 N–H and O–H groups in total. The average molecular weight is 210 g/mol. The van der Waals surface area contributed by atoms with Crippen molar-refractivity contribution in [1.82, 2.24) is 0 Å². The van der Waals surface area contributed by atoms with E-state index in [9.17, 15) is 0 Å². The molecule has 4 aliphatic rings. The van der Waals surface area contributed by atoms with Gasteiger partial charge in [-0.3, -0.25) is 0 Å². The fourth-order valence-corrected chi connectivity index (χ4v) is 4.56. The standard InChI is InChI=1S/C13H22O2/c14-2-1-3-15-13-7-10-4-11(8-13)6-12(5-10)9-13/h10-12,14H,1-9H2. The Hall–Kier alpha value is -0.0800. The summed E-state index contributed by atoms with van der Waals surface area (Å²) >= 11 is 0. The summed E-state index contributed by atoms with van der Waals surface area (Å²) in [7, 11) is 0. The lowest BCUT2D eigenvalue weighted by molar-refractivity contribution is -0.163.